The van der Waals surface area contributed by atoms with E-state index in [-0.39, 0.29) is 10.8 Å². The summed E-state index contributed by atoms with van der Waals surface area (Å²) in [5.74, 6) is 0.151. The van der Waals surface area contributed by atoms with Gasteiger partial charge in [-0.3, -0.25) is 0 Å². The van der Waals surface area contributed by atoms with Gasteiger partial charge in [0.05, 0.1) is 5.02 Å². The summed E-state index contributed by atoms with van der Waals surface area (Å²) in [5, 5.41) is 3.65. The molecule has 0 fully saturated rings. The zero-order valence-corrected chi connectivity index (χ0v) is 13.5. The molecule has 0 bridgehead atoms. The lowest BCUT2D eigenvalue weighted by atomic mass is 10.0. The maximum Gasteiger partial charge on any atom is 0.150 e. The Morgan fingerprint density at radius 1 is 1.25 bits per heavy atom. The Kier molecular flexibility index (Phi) is 5.19. The van der Waals surface area contributed by atoms with Crippen LogP contribution in [0.3, 0.4) is 0 Å². The zero-order valence-electron chi connectivity index (χ0n) is 11.9. The van der Waals surface area contributed by atoms with Gasteiger partial charge in [0.2, 0.25) is 0 Å². The first-order valence-electron chi connectivity index (χ1n) is 6.82. The number of thiophene rings is 1. The minimum Gasteiger partial charge on any atom is -0.309 e. The van der Waals surface area contributed by atoms with Gasteiger partial charge in [0.1, 0.15) is 5.82 Å². The second-order valence-corrected chi connectivity index (χ2v) is 6.61. The molecule has 0 radical (unpaired) electrons. The fourth-order valence-electron chi connectivity index (χ4n) is 2.24. The van der Waals surface area contributed by atoms with Gasteiger partial charge in [-0.25, -0.2) is 4.39 Å². The molecule has 0 saturated carbocycles. The Balaban J connectivity index is 2.35. The van der Waals surface area contributed by atoms with Crippen molar-refractivity contribution in [2.45, 2.75) is 26.8 Å². The second-order valence-electron chi connectivity index (χ2n) is 5.08. The molecule has 1 heterocycles. The minimum atomic E-state index is -0.341. The maximum absolute atomic E-state index is 14.1. The average Bonchev–Trinajstić information content (AvgIpc) is 2.88. The lowest BCUT2D eigenvalue weighted by Gasteiger charge is -2.20. The van der Waals surface area contributed by atoms with Crippen LogP contribution in [0.4, 0.5) is 4.39 Å². The summed E-state index contributed by atoms with van der Waals surface area (Å²) in [6.45, 7) is 7.39. The highest BCUT2D eigenvalue weighted by Crippen LogP contribution is 2.36. The van der Waals surface area contributed by atoms with Crippen molar-refractivity contribution < 1.29 is 4.39 Å². The van der Waals surface area contributed by atoms with E-state index in [1.807, 2.05) is 6.07 Å². The van der Waals surface area contributed by atoms with Crippen LogP contribution in [-0.2, 0) is 0 Å². The largest absolute Gasteiger partial charge is 0.309 e. The van der Waals surface area contributed by atoms with Crippen LogP contribution in [0.1, 0.15) is 31.7 Å². The number of rotatable bonds is 5. The van der Waals surface area contributed by atoms with Gasteiger partial charge in [-0.1, -0.05) is 44.5 Å². The van der Waals surface area contributed by atoms with E-state index in [1.54, 1.807) is 29.5 Å². The van der Waals surface area contributed by atoms with Crippen LogP contribution < -0.4 is 5.32 Å². The first kappa shape index (κ1) is 15.5. The molecular weight excluding hydrogens is 293 g/mol. The Morgan fingerprint density at radius 3 is 2.65 bits per heavy atom. The first-order chi connectivity index (χ1) is 9.54. The van der Waals surface area contributed by atoms with Gasteiger partial charge in [-0.15, -0.1) is 11.3 Å². The Bertz CT molecular complexity index is 580. The van der Waals surface area contributed by atoms with Crippen molar-refractivity contribution in [1.29, 1.82) is 0 Å². The number of nitrogens with one attached hydrogen (secondary N) is 1. The average molecular weight is 312 g/mol. The molecule has 4 heteroatoms. The van der Waals surface area contributed by atoms with Crippen LogP contribution in [0, 0.1) is 11.7 Å². The molecule has 20 heavy (non-hydrogen) atoms. The molecule has 1 aromatic heterocycles. The molecule has 2 rings (SSSR count). The van der Waals surface area contributed by atoms with Crippen LogP contribution in [0.2, 0.25) is 5.02 Å². The van der Waals surface area contributed by atoms with Gasteiger partial charge in [-0.2, -0.15) is 0 Å². The van der Waals surface area contributed by atoms with Crippen molar-refractivity contribution in [2.24, 2.45) is 5.92 Å². The molecule has 1 unspecified atom stereocenters. The highest BCUT2D eigenvalue weighted by Gasteiger charge is 2.18. The van der Waals surface area contributed by atoms with E-state index in [4.69, 9.17) is 11.6 Å². The van der Waals surface area contributed by atoms with E-state index < -0.39 is 0 Å². The Morgan fingerprint density at radius 2 is 2.00 bits per heavy atom. The summed E-state index contributed by atoms with van der Waals surface area (Å²) in [6, 6.07) is 9.49. The van der Waals surface area contributed by atoms with Crippen LogP contribution in [0.25, 0.3) is 10.4 Å². The summed E-state index contributed by atoms with van der Waals surface area (Å²) >= 11 is 7.47. The lowest BCUT2D eigenvalue weighted by Crippen LogP contribution is -2.24. The highest BCUT2D eigenvalue weighted by atomic mass is 35.5. The molecule has 0 amide bonds. The van der Waals surface area contributed by atoms with Gasteiger partial charge in [0, 0.05) is 21.4 Å². The van der Waals surface area contributed by atoms with Gasteiger partial charge < -0.3 is 5.32 Å². The second kappa shape index (κ2) is 6.70. The predicted octanol–water partition coefficient (Wildman–Crippen LogP) is 5.51. The summed E-state index contributed by atoms with van der Waals surface area (Å²) < 4.78 is 14.1. The van der Waals surface area contributed by atoms with Crippen molar-refractivity contribution in [1.82, 2.24) is 5.32 Å². The van der Waals surface area contributed by atoms with E-state index in [9.17, 15) is 4.39 Å². The van der Waals surface area contributed by atoms with E-state index in [0.29, 0.717) is 17.5 Å². The SMILES string of the molecule is CCNC(c1ccc(-c2cccc(Cl)c2F)s1)C(C)C. The van der Waals surface area contributed by atoms with Crippen LogP contribution >= 0.6 is 22.9 Å². The number of benzene rings is 1. The van der Waals surface area contributed by atoms with Crippen LogP contribution in [0.15, 0.2) is 30.3 Å². The molecule has 0 aliphatic carbocycles. The predicted molar refractivity (Wildman–Crippen MR) is 86.0 cm³/mol. The summed E-state index contributed by atoms with van der Waals surface area (Å²) in [7, 11) is 0. The summed E-state index contributed by atoms with van der Waals surface area (Å²) in [6.07, 6.45) is 0. The number of halogens is 2. The Hall–Kier alpha value is -0.900. The molecule has 1 N–H and O–H groups in total. The fraction of sp³-hybridized carbons (Fsp3) is 0.375. The highest BCUT2D eigenvalue weighted by molar-refractivity contribution is 7.15. The molecule has 1 atom stereocenters. The van der Waals surface area contributed by atoms with Crippen molar-refractivity contribution >= 4 is 22.9 Å². The number of hydrogen-bond acceptors (Lipinski definition) is 2. The first-order valence-corrected chi connectivity index (χ1v) is 8.01. The smallest absolute Gasteiger partial charge is 0.150 e. The molecule has 1 nitrogen and oxygen atoms in total. The molecular formula is C16H19ClFNS. The third-order valence-electron chi connectivity index (χ3n) is 3.24. The standard InChI is InChI=1S/C16H19ClFNS/c1-4-19-16(10(2)3)14-9-8-13(20-14)11-6-5-7-12(17)15(11)18/h5-10,16,19H,4H2,1-3H3. The van der Waals surface area contributed by atoms with E-state index in [0.717, 1.165) is 11.4 Å². The fourth-order valence-corrected chi connectivity index (χ4v) is 3.69. The maximum atomic E-state index is 14.1. The van der Waals surface area contributed by atoms with Gasteiger partial charge >= 0.3 is 0 Å². The van der Waals surface area contributed by atoms with Gasteiger partial charge in [0.15, 0.2) is 0 Å². The lowest BCUT2D eigenvalue weighted by molar-refractivity contribution is 0.428. The van der Waals surface area contributed by atoms with Crippen molar-refractivity contribution in [2.75, 3.05) is 6.54 Å². The quantitative estimate of drug-likeness (QED) is 0.767. The minimum absolute atomic E-state index is 0.171. The molecule has 0 aliphatic rings. The van der Waals surface area contributed by atoms with Gasteiger partial charge in [0.25, 0.3) is 0 Å². The normalized spacial score (nSPS) is 12.9. The third kappa shape index (κ3) is 3.22. The summed E-state index contributed by atoms with van der Waals surface area (Å²) in [4.78, 5) is 2.15. The van der Waals surface area contributed by atoms with Crippen molar-refractivity contribution in [3.63, 3.8) is 0 Å². The van der Waals surface area contributed by atoms with E-state index in [1.165, 1.54) is 4.88 Å². The topological polar surface area (TPSA) is 12.0 Å². The van der Waals surface area contributed by atoms with Crippen molar-refractivity contribution in [3.05, 3.63) is 46.0 Å². The van der Waals surface area contributed by atoms with Crippen LogP contribution in [0.5, 0.6) is 0 Å². The van der Waals surface area contributed by atoms with E-state index in [2.05, 4.69) is 32.2 Å². The van der Waals surface area contributed by atoms with Crippen molar-refractivity contribution in [3.8, 4) is 10.4 Å². The molecule has 108 valence electrons. The molecule has 1 aromatic carbocycles. The summed E-state index contributed by atoms with van der Waals surface area (Å²) in [5.41, 5.74) is 0.577. The third-order valence-corrected chi connectivity index (χ3v) is 4.73. The molecule has 2 aromatic rings. The zero-order chi connectivity index (χ0) is 14.7. The monoisotopic (exact) mass is 311 g/mol. The van der Waals surface area contributed by atoms with Gasteiger partial charge in [-0.05, 0) is 30.7 Å². The molecule has 0 aliphatic heterocycles. The van der Waals surface area contributed by atoms with Crippen LogP contribution in [-0.4, -0.2) is 6.54 Å². The van der Waals surface area contributed by atoms with E-state index >= 15 is 0 Å². The number of hydrogen-bond donors (Lipinski definition) is 1. The Labute approximate surface area is 128 Å². The molecule has 0 saturated heterocycles. The molecule has 0 spiro atoms.